The number of anilines is 2. The van der Waals surface area contributed by atoms with Gasteiger partial charge < -0.3 is 11.1 Å². The molecule has 0 aliphatic rings. The largest absolute Gasteiger partial charge is 0.416 e. The van der Waals surface area contributed by atoms with Gasteiger partial charge >= 0.3 is 6.18 Å². The maximum absolute atomic E-state index is 12.4. The molecule has 0 saturated carbocycles. The molecule has 5 aromatic carbocycles. The number of benzene rings is 5. The van der Waals surface area contributed by atoms with E-state index < -0.39 is 11.7 Å². The van der Waals surface area contributed by atoms with E-state index in [4.69, 9.17) is 23.4 Å². The van der Waals surface area contributed by atoms with Crippen LogP contribution in [-0.4, -0.2) is 5.91 Å². The first-order chi connectivity index (χ1) is 24.4. The number of carbonyl (C=O) groups excluding carboxylic acids is 1. The number of alkyl halides is 3. The molecule has 0 aromatic heterocycles. The van der Waals surface area contributed by atoms with Crippen LogP contribution < -0.4 is 28.7 Å². The van der Waals surface area contributed by atoms with Crippen LogP contribution in [0.4, 0.5) is 33.3 Å². The molecule has 0 unspecified atom stereocenters. The van der Waals surface area contributed by atoms with E-state index in [1.165, 1.54) is 36.4 Å². The zero-order valence-corrected chi connectivity index (χ0v) is 27.5. The third-order valence-electron chi connectivity index (χ3n) is 6.55. The fourth-order valence-corrected chi connectivity index (χ4v) is 4.01. The van der Waals surface area contributed by atoms with Crippen LogP contribution in [-0.2, 0) is 51.7 Å². The highest BCUT2D eigenvalue weighted by Crippen LogP contribution is 2.29. The predicted molar refractivity (Wildman–Crippen MR) is 185 cm³/mol. The van der Waals surface area contributed by atoms with E-state index in [1.807, 2.05) is 42.5 Å². The van der Waals surface area contributed by atoms with Crippen molar-refractivity contribution in [2.24, 2.45) is 17.7 Å². The molecule has 5 rings (SSSR count). The van der Waals surface area contributed by atoms with Crippen molar-refractivity contribution in [2.45, 2.75) is 38.8 Å². The van der Waals surface area contributed by atoms with Gasteiger partial charge in [0.15, 0.2) is 0 Å². The molecule has 0 saturated heterocycles. The van der Waals surface area contributed by atoms with Crippen LogP contribution in [0.25, 0.3) is 0 Å². The van der Waals surface area contributed by atoms with E-state index >= 15 is 0 Å². The molecule has 0 fully saturated rings. The average molecular weight is 714 g/mol. The van der Waals surface area contributed by atoms with E-state index in [0.717, 1.165) is 35.2 Å². The number of halogens is 5. The summed E-state index contributed by atoms with van der Waals surface area (Å²) in [4.78, 5) is 24.7. The fraction of sp³-hybridized carbons (Fsp3) is 0.162. The normalized spacial score (nSPS) is 10.4. The first kappa shape index (κ1) is 41.9. The summed E-state index contributed by atoms with van der Waals surface area (Å²) in [6.07, 6.45) is -3.10. The fourth-order valence-electron chi connectivity index (χ4n) is 4.01. The van der Waals surface area contributed by atoms with E-state index in [2.05, 4.69) is 19.8 Å². The summed E-state index contributed by atoms with van der Waals surface area (Å²) >= 11 is 0. The Morgan fingerprint density at radius 3 is 1.63 bits per heavy atom. The monoisotopic (exact) mass is 713 g/mol. The molecule has 272 valence electrons. The van der Waals surface area contributed by atoms with E-state index in [0.29, 0.717) is 30.0 Å². The van der Waals surface area contributed by atoms with Gasteiger partial charge in [-0.15, -0.1) is 0 Å². The summed E-state index contributed by atoms with van der Waals surface area (Å²) in [6, 6.07) is 34.0. The Kier molecular flexibility index (Phi) is 19.1. The van der Waals surface area contributed by atoms with Crippen LogP contribution in [0.1, 0.15) is 34.2 Å². The lowest BCUT2D eigenvalue weighted by Gasteiger charge is -2.07. The van der Waals surface area contributed by atoms with Gasteiger partial charge in [-0.25, -0.2) is 26.5 Å². The summed E-state index contributed by atoms with van der Waals surface area (Å²) in [5.41, 5.74) is 9.72. The molecule has 14 heteroatoms. The second-order valence-corrected chi connectivity index (χ2v) is 10.5. The van der Waals surface area contributed by atoms with Crippen LogP contribution in [0, 0.1) is 11.6 Å². The summed E-state index contributed by atoms with van der Waals surface area (Å²) in [7, 11) is 0. The molecular weight excluding hydrogens is 673 g/mol. The molecule has 0 bridgehead atoms. The van der Waals surface area contributed by atoms with Gasteiger partial charge in [0.05, 0.1) is 36.8 Å². The molecular formula is C37H40F5N5O4. The van der Waals surface area contributed by atoms with Crippen LogP contribution >= 0.6 is 0 Å². The molecule has 0 radical (unpaired) electrons. The smallest absolute Gasteiger partial charge is 0.397 e. The summed E-state index contributed by atoms with van der Waals surface area (Å²) < 4.78 is 60.8. The number of nitrogens with two attached hydrogens (primary N) is 4. The molecule has 5 aromatic rings. The van der Waals surface area contributed by atoms with Gasteiger partial charge in [-0.3, -0.25) is 19.3 Å². The number of amides is 1. The van der Waals surface area contributed by atoms with Gasteiger partial charge in [0.1, 0.15) is 11.6 Å². The summed E-state index contributed by atoms with van der Waals surface area (Å²) in [5.74, 6) is 13.8. The summed E-state index contributed by atoms with van der Waals surface area (Å²) in [6.45, 7) is 0.677. The minimum Gasteiger partial charge on any atom is -0.397 e. The number of aryl methyl sites for hydroxylation is 1. The SMILES string of the molecule is NOCc1ccc(C(F)(F)F)cc1.NOCc1ccc(F)cc1.NOCc1cccc(F)c1.Nc1ccccc1NC(=O)CCc1ccccc1. The first-order valence-corrected chi connectivity index (χ1v) is 15.2. The van der Waals surface area contributed by atoms with Crippen molar-refractivity contribution in [1.29, 1.82) is 0 Å². The quantitative estimate of drug-likeness (QED) is 0.0570. The van der Waals surface area contributed by atoms with Gasteiger partial charge in [-0.2, -0.15) is 13.2 Å². The van der Waals surface area contributed by atoms with Crippen molar-refractivity contribution in [3.05, 3.63) is 167 Å². The lowest BCUT2D eigenvalue weighted by molar-refractivity contribution is -0.137. The minimum absolute atomic E-state index is 0.0169. The Morgan fingerprint density at radius 1 is 0.588 bits per heavy atom. The molecule has 0 spiro atoms. The third-order valence-corrected chi connectivity index (χ3v) is 6.55. The van der Waals surface area contributed by atoms with Crippen molar-refractivity contribution in [2.75, 3.05) is 11.1 Å². The zero-order chi connectivity index (χ0) is 37.5. The standard InChI is InChI=1S/C15H16N2O.C8H8F3NO.2C7H8FNO/c16-13-8-4-5-9-14(13)17-15(18)11-10-12-6-2-1-3-7-12;9-8(10,11)7-3-1-6(2-4-7)5-13-12;8-7-3-1-6(2-4-7)5-10-9;8-7-3-1-2-6(4-7)5-10-9/h1-9H,10-11,16H2,(H,17,18);1-4H,5,12H2;2*1-4H,5,9H2. The van der Waals surface area contributed by atoms with Crippen molar-refractivity contribution in [3.8, 4) is 0 Å². The molecule has 1 amide bonds. The molecule has 0 heterocycles. The number of para-hydroxylation sites is 2. The molecule has 0 atom stereocenters. The third kappa shape index (κ3) is 17.8. The molecule has 9 nitrogen and oxygen atoms in total. The van der Waals surface area contributed by atoms with Gasteiger partial charge in [0.2, 0.25) is 5.91 Å². The molecule has 9 N–H and O–H groups in total. The number of carbonyl (C=O) groups is 1. The minimum atomic E-state index is -4.29. The predicted octanol–water partition coefficient (Wildman–Crippen LogP) is 7.37. The number of hydrogen-bond donors (Lipinski definition) is 5. The number of nitrogen functional groups attached to an aromatic ring is 1. The highest BCUT2D eigenvalue weighted by atomic mass is 19.4. The van der Waals surface area contributed by atoms with E-state index in [1.54, 1.807) is 36.4 Å². The van der Waals surface area contributed by atoms with E-state index in [9.17, 15) is 26.7 Å². The van der Waals surface area contributed by atoms with Crippen molar-refractivity contribution in [1.82, 2.24) is 0 Å². The van der Waals surface area contributed by atoms with Crippen LogP contribution in [0.15, 0.2) is 127 Å². The van der Waals surface area contributed by atoms with Crippen LogP contribution in [0.3, 0.4) is 0 Å². The highest BCUT2D eigenvalue weighted by molar-refractivity contribution is 5.93. The number of nitrogens with one attached hydrogen (secondary N) is 1. The van der Waals surface area contributed by atoms with Gasteiger partial charge in [0.25, 0.3) is 0 Å². The second kappa shape index (κ2) is 23.2. The Hall–Kier alpha value is -5.22. The lowest BCUT2D eigenvalue weighted by Crippen LogP contribution is -2.13. The summed E-state index contributed by atoms with van der Waals surface area (Å²) in [5, 5.41) is 2.82. The Morgan fingerprint density at radius 2 is 1.10 bits per heavy atom. The van der Waals surface area contributed by atoms with Crippen molar-refractivity contribution in [3.63, 3.8) is 0 Å². The van der Waals surface area contributed by atoms with Crippen molar-refractivity contribution < 1.29 is 41.3 Å². The molecule has 51 heavy (non-hydrogen) atoms. The Bertz CT molecular complexity index is 1700. The molecule has 0 aliphatic carbocycles. The number of hydrogen-bond acceptors (Lipinski definition) is 8. The maximum Gasteiger partial charge on any atom is 0.416 e. The number of rotatable bonds is 10. The average Bonchev–Trinajstić information content (AvgIpc) is 3.11. The maximum atomic E-state index is 12.4. The first-order valence-electron chi connectivity index (χ1n) is 15.2. The van der Waals surface area contributed by atoms with Crippen molar-refractivity contribution >= 4 is 17.3 Å². The van der Waals surface area contributed by atoms with Gasteiger partial charge in [0, 0.05) is 6.42 Å². The van der Waals surface area contributed by atoms with Gasteiger partial charge in [-0.05, 0) is 77.2 Å². The molecule has 0 aliphatic heterocycles. The van der Waals surface area contributed by atoms with Crippen LogP contribution in [0.2, 0.25) is 0 Å². The van der Waals surface area contributed by atoms with Crippen LogP contribution in [0.5, 0.6) is 0 Å². The lowest BCUT2D eigenvalue weighted by atomic mass is 10.1. The Labute approximate surface area is 292 Å². The Balaban J connectivity index is 0.000000244. The second-order valence-electron chi connectivity index (χ2n) is 10.5. The topological polar surface area (TPSA) is 161 Å². The zero-order valence-electron chi connectivity index (χ0n) is 27.5. The highest BCUT2D eigenvalue weighted by Gasteiger charge is 2.29. The van der Waals surface area contributed by atoms with E-state index in [-0.39, 0.29) is 30.8 Å². The van der Waals surface area contributed by atoms with Gasteiger partial charge in [-0.1, -0.05) is 78.9 Å².